The molecule has 3 heterocycles. The molecular formula is C24H22FN3O3S. The van der Waals surface area contributed by atoms with Crippen LogP contribution in [-0.4, -0.2) is 39.6 Å². The molecule has 1 atom stereocenters. The minimum atomic E-state index is -1.44. The Bertz CT molecular complexity index is 1140. The minimum Gasteiger partial charge on any atom is -0.341 e. The molecule has 0 spiro atoms. The van der Waals surface area contributed by atoms with Gasteiger partial charge in [-0.1, -0.05) is 18.2 Å². The summed E-state index contributed by atoms with van der Waals surface area (Å²) >= 11 is 1.54. The number of halogens is 1. The average molecular weight is 452 g/mol. The van der Waals surface area contributed by atoms with E-state index in [0.717, 1.165) is 10.5 Å². The first kappa shape index (κ1) is 21.8. The Kier molecular flexibility index (Phi) is 6.14. The van der Waals surface area contributed by atoms with Crippen LogP contribution < -0.4 is 0 Å². The van der Waals surface area contributed by atoms with Crippen LogP contribution in [0.3, 0.4) is 0 Å². The van der Waals surface area contributed by atoms with Crippen LogP contribution in [0.15, 0.2) is 65.6 Å². The number of nitrogens with zero attached hydrogens (tertiary/aromatic N) is 3. The predicted molar refractivity (Wildman–Crippen MR) is 118 cm³/mol. The van der Waals surface area contributed by atoms with Crippen molar-refractivity contribution in [1.29, 1.82) is 0 Å². The van der Waals surface area contributed by atoms with Crippen molar-refractivity contribution < 1.29 is 18.8 Å². The van der Waals surface area contributed by atoms with E-state index in [1.54, 1.807) is 37.6 Å². The number of hydrogen-bond acceptors (Lipinski definition) is 5. The Labute approximate surface area is 189 Å². The van der Waals surface area contributed by atoms with E-state index in [0.29, 0.717) is 17.7 Å². The maximum Gasteiger partial charge on any atom is 0.241 e. The number of rotatable bonds is 7. The number of carbonyl (C=O) groups excluding carboxylic acids is 3. The van der Waals surface area contributed by atoms with Crippen molar-refractivity contribution in [3.8, 4) is 0 Å². The Morgan fingerprint density at radius 1 is 1.22 bits per heavy atom. The normalized spacial score (nSPS) is 18.2. The maximum absolute atomic E-state index is 14.1. The fourth-order valence-corrected chi connectivity index (χ4v) is 4.68. The van der Waals surface area contributed by atoms with Crippen LogP contribution in [0.5, 0.6) is 0 Å². The number of pyridine rings is 1. The number of carbonyl (C=O) groups is 3. The second-order valence-corrected chi connectivity index (χ2v) is 8.75. The standard InChI is InChI=1S/C24H22FN3O3S/c1-27(14-18-7-9-32-16-18)21(29)11-24(19-5-2-6-20(25)10-19)12-22(30)28(23(24)31)15-17-4-3-8-26-13-17/h2-10,13,16H,11-12,14-15H2,1H3/t24-/m1/s1. The molecule has 0 bridgehead atoms. The van der Waals surface area contributed by atoms with Crippen molar-refractivity contribution >= 4 is 29.1 Å². The van der Waals surface area contributed by atoms with Gasteiger partial charge in [0.1, 0.15) is 5.82 Å². The first-order valence-electron chi connectivity index (χ1n) is 10.1. The topological polar surface area (TPSA) is 70.6 Å². The van der Waals surface area contributed by atoms with Gasteiger partial charge in [0.25, 0.3) is 0 Å². The number of likely N-dealkylation sites (tertiary alicyclic amines) is 1. The van der Waals surface area contributed by atoms with Crippen LogP contribution in [0.4, 0.5) is 4.39 Å². The van der Waals surface area contributed by atoms with Crippen LogP contribution in [0.2, 0.25) is 0 Å². The molecule has 1 saturated heterocycles. The van der Waals surface area contributed by atoms with E-state index in [4.69, 9.17) is 0 Å². The second-order valence-electron chi connectivity index (χ2n) is 7.97. The van der Waals surface area contributed by atoms with Gasteiger partial charge in [-0.15, -0.1) is 0 Å². The Morgan fingerprint density at radius 3 is 2.75 bits per heavy atom. The molecule has 1 aliphatic heterocycles. The number of hydrogen-bond donors (Lipinski definition) is 0. The first-order valence-corrected chi connectivity index (χ1v) is 11.1. The molecule has 2 aromatic heterocycles. The van der Waals surface area contributed by atoms with Crippen LogP contribution in [-0.2, 0) is 32.9 Å². The smallest absolute Gasteiger partial charge is 0.241 e. The fourth-order valence-electron chi connectivity index (χ4n) is 4.02. The lowest BCUT2D eigenvalue weighted by Crippen LogP contribution is -2.42. The fraction of sp³-hybridized carbons (Fsp3) is 0.250. The number of amides is 3. The van der Waals surface area contributed by atoms with Crippen molar-refractivity contribution in [3.05, 3.63) is 88.1 Å². The summed E-state index contributed by atoms with van der Waals surface area (Å²) in [4.78, 5) is 46.4. The highest BCUT2D eigenvalue weighted by atomic mass is 32.1. The summed E-state index contributed by atoms with van der Waals surface area (Å²) in [6.45, 7) is 0.449. The number of benzene rings is 1. The van der Waals surface area contributed by atoms with Gasteiger partial charge in [0.2, 0.25) is 17.7 Å². The number of aromatic nitrogens is 1. The summed E-state index contributed by atoms with van der Waals surface area (Å²) in [5.74, 6) is -1.69. The van der Waals surface area contributed by atoms with Crippen molar-refractivity contribution in [2.75, 3.05) is 7.05 Å². The molecule has 164 valence electrons. The lowest BCUT2D eigenvalue weighted by Gasteiger charge is -2.29. The molecule has 0 N–H and O–H groups in total. The van der Waals surface area contributed by atoms with E-state index in [1.807, 2.05) is 16.8 Å². The Hall–Kier alpha value is -3.39. The van der Waals surface area contributed by atoms with E-state index < -0.39 is 23.0 Å². The molecule has 1 aliphatic rings. The molecular weight excluding hydrogens is 429 g/mol. The van der Waals surface area contributed by atoms with E-state index in [2.05, 4.69) is 4.98 Å². The molecule has 0 unspecified atom stereocenters. The van der Waals surface area contributed by atoms with Crippen molar-refractivity contribution in [3.63, 3.8) is 0 Å². The zero-order valence-corrected chi connectivity index (χ0v) is 18.3. The quantitative estimate of drug-likeness (QED) is 0.516. The molecule has 1 aromatic carbocycles. The molecule has 3 aromatic rings. The van der Waals surface area contributed by atoms with Crippen LogP contribution >= 0.6 is 11.3 Å². The summed E-state index contributed by atoms with van der Waals surface area (Å²) in [7, 11) is 1.66. The van der Waals surface area contributed by atoms with Gasteiger partial charge >= 0.3 is 0 Å². The van der Waals surface area contributed by atoms with Gasteiger partial charge in [-0.2, -0.15) is 11.3 Å². The monoisotopic (exact) mass is 451 g/mol. The van der Waals surface area contributed by atoms with Crippen LogP contribution in [0.25, 0.3) is 0 Å². The second kappa shape index (κ2) is 9.00. The summed E-state index contributed by atoms with van der Waals surface area (Å²) in [6, 6.07) is 11.0. The van der Waals surface area contributed by atoms with Gasteiger partial charge in [-0.3, -0.25) is 24.3 Å². The minimum absolute atomic E-state index is 0.0570. The third kappa shape index (κ3) is 4.31. The van der Waals surface area contributed by atoms with E-state index >= 15 is 0 Å². The lowest BCUT2D eigenvalue weighted by atomic mass is 9.75. The van der Waals surface area contributed by atoms with Gasteiger partial charge < -0.3 is 4.90 Å². The van der Waals surface area contributed by atoms with E-state index in [-0.39, 0.29) is 25.3 Å². The average Bonchev–Trinajstić information content (AvgIpc) is 3.37. The zero-order chi connectivity index (χ0) is 22.7. The third-order valence-corrected chi connectivity index (χ3v) is 6.46. The van der Waals surface area contributed by atoms with Gasteiger partial charge in [0.05, 0.1) is 12.0 Å². The highest BCUT2D eigenvalue weighted by molar-refractivity contribution is 7.07. The van der Waals surface area contributed by atoms with Crippen molar-refractivity contribution in [2.45, 2.75) is 31.3 Å². The SMILES string of the molecule is CN(Cc1ccsc1)C(=O)C[C@]1(c2cccc(F)c2)CC(=O)N(Cc2cccnc2)C1=O. The molecule has 4 rings (SSSR count). The third-order valence-electron chi connectivity index (χ3n) is 5.73. The lowest BCUT2D eigenvalue weighted by molar-refractivity contribution is -0.143. The van der Waals surface area contributed by atoms with Gasteiger partial charge in [0, 0.05) is 38.8 Å². The van der Waals surface area contributed by atoms with Crippen LogP contribution in [0, 0.1) is 5.82 Å². The largest absolute Gasteiger partial charge is 0.341 e. The zero-order valence-electron chi connectivity index (χ0n) is 17.5. The summed E-state index contributed by atoms with van der Waals surface area (Å²) in [6.07, 6.45) is 2.79. The molecule has 8 heteroatoms. The molecule has 3 amide bonds. The Balaban J connectivity index is 1.65. The van der Waals surface area contributed by atoms with Gasteiger partial charge in [-0.25, -0.2) is 4.39 Å². The van der Waals surface area contributed by atoms with Gasteiger partial charge in [-0.05, 0) is 51.7 Å². The maximum atomic E-state index is 14.1. The number of imide groups is 1. The number of thiophene rings is 1. The van der Waals surface area contributed by atoms with Crippen molar-refractivity contribution in [2.24, 2.45) is 0 Å². The Morgan fingerprint density at radius 2 is 2.06 bits per heavy atom. The molecule has 1 fully saturated rings. The molecule has 0 aliphatic carbocycles. The molecule has 0 radical (unpaired) electrons. The van der Waals surface area contributed by atoms with Crippen LogP contribution in [0.1, 0.15) is 29.5 Å². The highest BCUT2D eigenvalue weighted by Crippen LogP contribution is 2.41. The first-order chi connectivity index (χ1) is 15.4. The van der Waals surface area contributed by atoms with Gasteiger partial charge in [0.15, 0.2) is 0 Å². The summed E-state index contributed by atoms with van der Waals surface area (Å²) in [5.41, 5.74) is 0.575. The summed E-state index contributed by atoms with van der Waals surface area (Å²) < 4.78 is 14.1. The van der Waals surface area contributed by atoms with E-state index in [1.165, 1.54) is 34.4 Å². The highest BCUT2D eigenvalue weighted by Gasteiger charge is 2.54. The molecule has 6 nitrogen and oxygen atoms in total. The predicted octanol–water partition coefficient (Wildman–Crippen LogP) is 3.53. The van der Waals surface area contributed by atoms with E-state index in [9.17, 15) is 18.8 Å². The molecule has 0 saturated carbocycles. The van der Waals surface area contributed by atoms with Crippen molar-refractivity contribution in [1.82, 2.24) is 14.8 Å². The molecule has 32 heavy (non-hydrogen) atoms. The summed E-state index contributed by atoms with van der Waals surface area (Å²) in [5, 5.41) is 3.88.